The van der Waals surface area contributed by atoms with Crippen LogP contribution in [0.1, 0.15) is 28.5 Å². The lowest BCUT2D eigenvalue weighted by Crippen LogP contribution is -2.05. The highest BCUT2D eigenvalue weighted by molar-refractivity contribution is 7.71. The fraction of sp³-hybridized carbons (Fsp3) is 0.143. The van der Waals surface area contributed by atoms with Crippen molar-refractivity contribution >= 4 is 18.0 Å². The molecule has 5 heteroatoms. The van der Waals surface area contributed by atoms with E-state index in [2.05, 4.69) is 16.0 Å². The summed E-state index contributed by atoms with van der Waals surface area (Å²) in [7, 11) is 0. The largest absolute Gasteiger partial charge is 0.349 e. The van der Waals surface area contributed by atoms with Gasteiger partial charge in [-0.15, -0.1) is 0 Å². The molecule has 2 aromatic heterocycles. The normalized spacial score (nSPS) is 9.95. The molecule has 2 aromatic rings. The molecule has 1 N–H and O–H groups in total. The number of rotatable bonds is 2. The van der Waals surface area contributed by atoms with E-state index in [1.54, 1.807) is 25.4 Å². The van der Waals surface area contributed by atoms with Crippen LogP contribution in [0.3, 0.4) is 0 Å². The molecule has 94 valence electrons. The molecule has 19 heavy (non-hydrogen) atoms. The fourth-order valence-corrected chi connectivity index (χ4v) is 2.37. The van der Waals surface area contributed by atoms with E-state index in [4.69, 9.17) is 12.2 Å². The summed E-state index contributed by atoms with van der Waals surface area (Å²) in [5.41, 5.74) is 2.73. The minimum Gasteiger partial charge on any atom is -0.349 e. The average Bonchev–Trinajstić information content (AvgIpc) is 2.38. The number of aromatic amines is 1. The van der Waals surface area contributed by atoms with Crippen molar-refractivity contribution in [1.29, 1.82) is 5.26 Å². The van der Waals surface area contributed by atoms with Crippen LogP contribution in [0.5, 0.6) is 0 Å². The molecule has 2 rings (SSSR count). The van der Waals surface area contributed by atoms with Crippen LogP contribution >= 0.6 is 12.2 Å². The number of carbonyl (C=O) groups is 1. The fourth-order valence-electron chi connectivity index (χ4n) is 2.07. The Morgan fingerprint density at radius 1 is 1.53 bits per heavy atom. The minimum atomic E-state index is -0.112. The quantitative estimate of drug-likeness (QED) is 0.671. The Labute approximate surface area is 115 Å². The molecule has 0 saturated heterocycles. The molecular formula is C14H11N3OS. The molecule has 0 aliphatic heterocycles. The summed E-state index contributed by atoms with van der Waals surface area (Å²) in [6.07, 6.45) is 3.26. The lowest BCUT2D eigenvalue weighted by atomic mass is 9.94. The van der Waals surface area contributed by atoms with Gasteiger partial charge < -0.3 is 4.98 Å². The van der Waals surface area contributed by atoms with E-state index in [1.807, 2.05) is 6.07 Å². The number of aromatic nitrogens is 2. The van der Waals surface area contributed by atoms with Crippen molar-refractivity contribution in [1.82, 2.24) is 9.97 Å². The summed E-state index contributed by atoms with van der Waals surface area (Å²) >= 11 is 5.16. The van der Waals surface area contributed by atoms with E-state index in [0.29, 0.717) is 32.6 Å². The number of H-pyrrole nitrogens is 1. The molecule has 0 bridgehead atoms. The average molecular weight is 269 g/mol. The van der Waals surface area contributed by atoms with Gasteiger partial charge in [-0.3, -0.25) is 9.78 Å². The second-order valence-electron chi connectivity index (χ2n) is 4.11. The first-order valence-electron chi connectivity index (χ1n) is 5.64. The topological polar surface area (TPSA) is 69.5 Å². The van der Waals surface area contributed by atoms with Crippen molar-refractivity contribution in [2.75, 3.05) is 0 Å². The van der Waals surface area contributed by atoms with Gasteiger partial charge in [0.05, 0.1) is 5.56 Å². The van der Waals surface area contributed by atoms with Crippen LogP contribution in [0.15, 0.2) is 24.5 Å². The second-order valence-corrected chi connectivity index (χ2v) is 4.52. The molecule has 0 aliphatic carbocycles. The van der Waals surface area contributed by atoms with Gasteiger partial charge in [-0.2, -0.15) is 5.26 Å². The van der Waals surface area contributed by atoms with Gasteiger partial charge in [-0.1, -0.05) is 18.3 Å². The Balaban J connectivity index is 2.95. The lowest BCUT2D eigenvalue weighted by molar-refractivity contribution is 0.101. The summed E-state index contributed by atoms with van der Waals surface area (Å²) in [5, 5.41) is 9.29. The molecule has 0 saturated carbocycles. The van der Waals surface area contributed by atoms with E-state index in [9.17, 15) is 10.1 Å². The number of Topliss-reactive ketones (excluding diaryl/α,β-unsaturated/α-hetero) is 1. The minimum absolute atomic E-state index is 0.112. The smallest absolute Gasteiger partial charge is 0.162 e. The van der Waals surface area contributed by atoms with Gasteiger partial charge in [-0.25, -0.2) is 0 Å². The maximum Gasteiger partial charge on any atom is 0.162 e. The predicted molar refractivity (Wildman–Crippen MR) is 74.3 cm³/mol. The predicted octanol–water partition coefficient (Wildman–Crippen LogP) is 3.19. The van der Waals surface area contributed by atoms with E-state index in [-0.39, 0.29) is 5.78 Å². The number of nitrogens with one attached hydrogen (secondary N) is 1. The molecule has 0 atom stereocenters. The van der Waals surface area contributed by atoms with E-state index in [1.165, 1.54) is 6.92 Å². The Morgan fingerprint density at radius 2 is 2.26 bits per heavy atom. The van der Waals surface area contributed by atoms with Crippen molar-refractivity contribution < 1.29 is 4.79 Å². The molecule has 2 heterocycles. The van der Waals surface area contributed by atoms with Gasteiger partial charge in [0.1, 0.15) is 10.7 Å². The Hall–Kier alpha value is -2.32. The first kappa shape index (κ1) is 13.1. The molecule has 0 fully saturated rings. The van der Waals surface area contributed by atoms with Crippen LogP contribution in [-0.4, -0.2) is 15.8 Å². The monoisotopic (exact) mass is 269 g/mol. The summed E-state index contributed by atoms with van der Waals surface area (Å²) in [6, 6.07) is 5.64. The number of nitrogens with zero attached hydrogens (tertiary/aromatic N) is 2. The molecule has 4 nitrogen and oxygen atoms in total. The summed E-state index contributed by atoms with van der Waals surface area (Å²) in [6.45, 7) is 3.24. The third kappa shape index (κ3) is 2.30. The van der Waals surface area contributed by atoms with Gasteiger partial charge in [0.25, 0.3) is 0 Å². The first-order valence-corrected chi connectivity index (χ1v) is 6.05. The third-order valence-corrected chi connectivity index (χ3v) is 3.12. The van der Waals surface area contributed by atoms with Crippen LogP contribution in [0.2, 0.25) is 0 Å². The number of nitriles is 1. The van der Waals surface area contributed by atoms with Crippen molar-refractivity contribution in [2.24, 2.45) is 0 Å². The molecule has 0 radical (unpaired) electrons. The standard InChI is InChI=1S/C14H11N3OS/c1-8-12(9(2)18)13(10-4-3-5-16-7-10)11(6-15)14(19)17-8/h3-5,7H,1-2H3,(H,17,19). The molecular weight excluding hydrogens is 258 g/mol. The van der Waals surface area contributed by atoms with Crippen molar-refractivity contribution in [2.45, 2.75) is 13.8 Å². The molecule has 0 spiro atoms. The van der Waals surface area contributed by atoms with Gasteiger partial charge in [0.2, 0.25) is 0 Å². The lowest BCUT2D eigenvalue weighted by Gasteiger charge is -2.12. The number of hydrogen-bond donors (Lipinski definition) is 1. The number of carbonyl (C=O) groups excluding carboxylic acids is 1. The van der Waals surface area contributed by atoms with E-state index < -0.39 is 0 Å². The maximum absolute atomic E-state index is 11.9. The van der Waals surface area contributed by atoms with E-state index >= 15 is 0 Å². The zero-order chi connectivity index (χ0) is 14.0. The van der Waals surface area contributed by atoms with Crippen molar-refractivity contribution in [3.8, 4) is 17.2 Å². The van der Waals surface area contributed by atoms with Crippen molar-refractivity contribution in [3.05, 3.63) is 46.0 Å². The highest BCUT2D eigenvalue weighted by Crippen LogP contribution is 2.29. The third-order valence-electron chi connectivity index (χ3n) is 2.82. The Morgan fingerprint density at radius 3 is 2.79 bits per heavy atom. The molecule has 0 aromatic carbocycles. The summed E-state index contributed by atoms with van der Waals surface area (Å²) in [5.74, 6) is -0.112. The zero-order valence-electron chi connectivity index (χ0n) is 10.5. The second kappa shape index (κ2) is 5.12. The van der Waals surface area contributed by atoms with Crippen LogP contribution in [0.4, 0.5) is 0 Å². The van der Waals surface area contributed by atoms with Crippen LogP contribution in [0, 0.1) is 22.9 Å². The summed E-state index contributed by atoms with van der Waals surface area (Å²) < 4.78 is 0.337. The van der Waals surface area contributed by atoms with Crippen LogP contribution in [-0.2, 0) is 0 Å². The van der Waals surface area contributed by atoms with Crippen molar-refractivity contribution in [3.63, 3.8) is 0 Å². The molecule has 0 unspecified atom stereocenters. The summed E-state index contributed by atoms with van der Waals surface area (Å²) in [4.78, 5) is 18.8. The number of hydrogen-bond acceptors (Lipinski definition) is 4. The van der Waals surface area contributed by atoms with Gasteiger partial charge in [-0.05, 0) is 19.9 Å². The number of aryl methyl sites for hydroxylation is 1. The Kier molecular flexibility index (Phi) is 3.54. The highest BCUT2D eigenvalue weighted by atomic mass is 32.1. The van der Waals surface area contributed by atoms with Crippen LogP contribution < -0.4 is 0 Å². The zero-order valence-corrected chi connectivity index (χ0v) is 11.3. The number of pyridine rings is 2. The molecule has 0 aliphatic rings. The maximum atomic E-state index is 11.9. The highest BCUT2D eigenvalue weighted by Gasteiger charge is 2.18. The van der Waals surface area contributed by atoms with Gasteiger partial charge in [0.15, 0.2) is 5.78 Å². The Bertz CT molecular complexity index is 742. The van der Waals surface area contributed by atoms with Crippen LogP contribution in [0.25, 0.3) is 11.1 Å². The first-order chi connectivity index (χ1) is 9.06. The SMILES string of the molecule is CC(=O)c1c(C)[nH]c(=S)c(C#N)c1-c1cccnc1. The number of ketones is 1. The van der Waals surface area contributed by atoms with Gasteiger partial charge in [0, 0.05) is 34.8 Å². The van der Waals surface area contributed by atoms with E-state index in [0.717, 1.165) is 0 Å². The van der Waals surface area contributed by atoms with Gasteiger partial charge >= 0.3 is 0 Å². The molecule has 0 amide bonds.